The molecule has 0 atom stereocenters. The second-order valence-corrected chi connectivity index (χ2v) is 10.4. The molecule has 3 aromatic rings. The topological polar surface area (TPSA) is 103 Å². The van der Waals surface area contributed by atoms with E-state index in [1.165, 1.54) is 4.57 Å². The van der Waals surface area contributed by atoms with Crippen molar-refractivity contribution in [3.05, 3.63) is 63.1 Å². The fourth-order valence-corrected chi connectivity index (χ4v) is 3.94. The van der Waals surface area contributed by atoms with E-state index >= 15 is 0 Å². The summed E-state index contributed by atoms with van der Waals surface area (Å²) < 4.78 is 35.2. The summed E-state index contributed by atoms with van der Waals surface area (Å²) in [5, 5.41) is -0.650. The van der Waals surface area contributed by atoms with Gasteiger partial charge in [0.2, 0.25) is 10.0 Å². The Kier molecular flexibility index (Phi) is 6.41. The van der Waals surface area contributed by atoms with Gasteiger partial charge < -0.3 is 9.30 Å². The fraction of sp³-hybridized carbons (Fsp3) is 0.348. The van der Waals surface area contributed by atoms with E-state index in [0.29, 0.717) is 28.1 Å². The molecule has 9 heteroatoms. The molecule has 0 aliphatic rings. The Labute approximate surface area is 188 Å². The average Bonchev–Trinajstić information content (AvgIpc) is 2.70. The van der Waals surface area contributed by atoms with Crippen molar-refractivity contribution in [1.29, 1.82) is 0 Å². The zero-order chi connectivity index (χ0) is 23.8. The molecule has 170 valence electrons. The lowest BCUT2D eigenvalue weighted by atomic mass is 10.1. The Balaban J connectivity index is 2.23. The van der Waals surface area contributed by atoms with Crippen molar-refractivity contribution in [2.24, 2.45) is 7.05 Å². The highest BCUT2D eigenvalue weighted by atomic mass is 32.2. The number of rotatable bonds is 6. The van der Waals surface area contributed by atoms with Gasteiger partial charge in [-0.25, -0.2) is 8.42 Å². The molecule has 0 unspecified atom stereocenters. The molecule has 0 aliphatic heterocycles. The van der Waals surface area contributed by atoms with Crippen LogP contribution in [-0.2, 0) is 17.1 Å². The zero-order valence-electron chi connectivity index (χ0n) is 19.3. The van der Waals surface area contributed by atoms with E-state index in [1.54, 1.807) is 47.0 Å². The lowest BCUT2D eigenvalue weighted by Gasteiger charge is -2.17. The van der Waals surface area contributed by atoms with Gasteiger partial charge in [0.1, 0.15) is 11.6 Å². The van der Waals surface area contributed by atoms with Crippen LogP contribution < -0.4 is 15.0 Å². The molecule has 8 nitrogen and oxygen atoms in total. The third-order valence-corrected chi connectivity index (χ3v) is 6.94. The van der Waals surface area contributed by atoms with Gasteiger partial charge in [-0.15, -0.1) is 0 Å². The summed E-state index contributed by atoms with van der Waals surface area (Å²) in [5.41, 5.74) is 3.89. The lowest BCUT2D eigenvalue weighted by molar-refractivity contribution is 0.436. The van der Waals surface area contributed by atoms with Gasteiger partial charge in [0.15, 0.2) is 0 Å². The van der Waals surface area contributed by atoms with Crippen molar-refractivity contribution in [1.82, 2.24) is 14.5 Å². The zero-order valence-corrected chi connectivity index (χ0v) is 20.2. The number of aromatic nitrogens is 3. The van der Waals surface area contributed by atoms with Crippen LogP contribution >= 0.6 is 0 Å². The number of hydrogen-bond donors (Lipinski definition) is 1. The van der Waals surface area contributed by atoms with Crippen LogP contribution in [0, 0.1) is 27.7 Å². The standard InChI is InChI=1S/C23H28N4O4S/c1-13(2)32(29,30)26-21-17(6)19(18-11-16(5)22(28)27(7)12-18)24-23(25-21)31-20-14(3)9-8-10-15(20)4/h8-13H,1-7H3,(H,24,25,26). The first-order chi connectivity index (χ1) is 14.9. The molecule has 0 amide bonds. The largest absolute Gasteiger partial charge is 0.424 e. The normalized spacial score (nSPS) is 11.6. The van der Waals surface area contributed by atoms with Crippen LogP contribution in [0.15, 0.2) is 35.3 Å². The quantitative estimate of drug-likeness (QED) is 0.601. The van der Waals surface area contributed by atoms with Gasteiger partial charge in [-0.3, -0.25) is 9.52 Å². The molecule has 0 saturated heterocycles. The first kappa shape index (κ1) is 23.5. The predicted octanol–water partition coefficient (Wildman–Crippen LogP) is 4.02. The monoisotopic (exact) mass is 456 g/mol. The molecule has 0 saturated carbocycles. The minimum Gasteiger partial charge on any atom is -0.424 e. The van der Waals surface area contributed by atoms with Gasteiger partial charge in [0.05, 0.1) is 10.9 Å². The maximum Gasteiger partial charge on any atom is 0.324 e. The summed E-state index contributed by atoms with van der Waals surface area (Å²) in [6.45, 7) is 10.5. The first-order valence-corrected chi connectivity index (χ1v) is 11.8. The second-order valence-electron chi connectivity index (χ2n) is 8.18. The van der Waals surface area contributed by atoms with Crippen LogP contribution in [0.5, 0.6) is 11.8 Å². The number of ether oxygens (including phenoxy) is 1. The molecule has 1 aromatic carbocycles. The minimum atomic E-state index is -3.65. The number of pyridine rings is 1. The van der Waals surface area contributed by atoms with Crippen molar-refractivity contribution >= 4 is 15.8 Å². The Morgan fingerprint density at radius 2 is 1.66 bits per heavy atom. The first-order valence-electron chi connectivity index (χ1n) is 10.2. The van der Waals surface area contributed by atoms with Crippen LogP contribution in [0.2, 0.25) is 0 Å². The average molecular weight is 457 g/mol. The van der Waals surface area contributed by atoms with E-state index in [2.05, 4.69) is 14.7 Å². The smallest absolute Gasteiger partial charge is 0.324 e. The Morgan fingerprint density at radius 3 is 2.22 bits per heavy atom. The third kappa shape index (κ3) is 4.67. The highest BCUT2D eigenvalue weighted by molar-refractivity contribution is 7.93. The predicted molar refractivity (Wildman–Crippen MR) is 126 cm³/mol. The van der Waals surface area contributed by atoms with E-state index in [1.807, 2.05) is 32.0 Å². The maximum atomic E-state index is 12.6. The molecular formula is C23H28N4O4S. The SMILES string of the molecule is Cc1cccc(C)c1Oc1nc(NS(=O)(=O)C(C)C)c(C)c(-c2cc(C)c(=O)n(C)c2)n1. The van der Waals surface area contributed by atoms with Crippen LogP contribution in [-0.4, -0.2) is 28.2 Å². The van der Waals surface area contributed by atoms with Gasteiger partial charge >= 0.3 is 6.01 Å². The summed E-state index contributed by atoms with van der Waals surface area (Å²) >= 11 is 0. The van der Waals surface area contributed by atoms with Gasteiger partial charge in [0.25, 0.3) is 5.56 Å². The number of benzene rings is 1. The van der Waals surface area contributed by atoms with Gasteiger partial charge in [0, 0.05) is 29.9 Å². The number of sulfonamides is 1. The second kappa shape index (κ2) is 8.74. The number of anilines is 1. The highest BCUT2D eigenvalue weighted by Gasteiger charge is 2.22. The maximum absolute atomic E-state index is 12.6. The molecule has 0 bridgehead atoms. The lowest BCUT2D eigenvalue weighted by Crippen LogP contribution is -2.24. The van der Waals surface area contributed by atoms with Crippen molar-refractivity contribution in [3.63, 3.8) is 0 Å². The molecule has 32 heavy (non-hydrogen) atoms. The molecule has 3 rings (SSSR count). The Hall–Kier alpha value is -3.20. The highest BCUT2D eigenvalue weighted by Crippen LogP contribution is 2.32. The number of nitrogens with zero attached hydrogens (tertiary/aromatic N) is 3. The van der Waals surface area contributed by atoms with Crippen molar-refractivity contribution in [3.8, 4) is 23.0 Å². The van der Waals surface area contributed by atoms with E-state index in [-0.39, 0.29) is 17.4 Å². The Morgan fingerprint density at radius 1 is 1.03 bits per heavy atom. The molecule has 0 fully saturated rings. The number of para-hydroxylation sites is 1. The van der Waals surface area contributed by atoms with Crippen LogP contribution in [0.1, 0.15) is 36.1 Å². The van der Waals surface area contributed by atoms with Gasteiger partial charge in [-0.2, -0.15) is 9.97 Å². The van der Waals surface area contributed by atoms with Gasteiger partial charge in [-0.1, -0.05) is 18.2 Å². The summed E-state index contributed by atoms with van der Waals surface area (Å²) in [4.78, 5) is 21.1. The third-order valence-electron chi connectivity index (χ3n) is 5.22. The molecule has 2 heterocycles. The van der Waals surface area contributed by atoms with E-state index in [0.717, 1.165) is 11.1 Å². The summed E-state index contributed by atoms with van der Waals surface area (Å²) in [5.74, 6) is 0.744. The number of hydrogen-bond acceptors (Lipinski definition) is 6. The van der Waals surface area contributed by atoms with E-state index in [9.17, 15) is 13.2 Å². The van der Waals surface area contributed by atoms with Crippen LogP contribution in [0.4, 0.5) is 5.82 Å². The summed E-state index contributed by atoms with van der Waals surface area (Å²) in [6, 6.07) is 7.48. The van der Waals surface area contributed by atoms with Crippen molar-refractivity contribution in [2.45, 2.75) is 46.8 Å². The van der Waals surface area contributed by atoms with E-state index in [4.69, 9.17) is 4.74 Å². The van der Waals surface area contributed by atoms with Gasteiger partial charge in [-0.05, 0) is 58.7 Å². The van der Waals surface area contributed by atoms with Crippen LogP contribution in [0.3, 0.4) is 0 Å². The molecule has 0 aliphatic carbocycles. The molecule has 0 radical (unpaired) electrons. The summed E-state index contributed by atoms with van der Waals surface area (Å²) in [7, 11) is -1.99. The fourth-order valence-electron chi connectivity index (χ4n) is 3.23. The summed E-state index contributed by atoms with van der Waals surface area (Å²) in [6.07, 6.45) is 1.66. The number of nitrogens with one attached hydrogen (secondary N) is 1. The minimum absolute atomic E-state index is 0.0102. The Bertz CT molecular complexity index is 1300. The number of aryl methyl sites for hydroxylation is 4. The van der Waals surface area contributed by atoms with Crippen LogP contribution in [0.25, 0.3) is 11.3 Å². The molecule has 0 spiro atoms. The van der Waals surface area contributed by atoms with Crippen molar-refractivity contribution < 1.29 is 13.2 Å². The molecule has 2 aromatic heterocycles. The molecular weight excluding hydrogens is 428 g/mol. The van der Waals surface area contributed by atoms with Crippen molar-refractivity contribution in [2.75, 3.05) is 4.72 Å². The van der Waals surface area contributed by atoms with E-state index < -0.39 is 15.3 Å². The molecule has 1 N–H and O–H groups in total.